The molecule has 1 aromatic carbocycles. The van der Waals surface area contributed by atoms with Crippen molar-refractivity contribution in [3.8, 4) is 0 Å². The maximum Gasteiger partial charge on any atom is 0.225 e. The Hall–Kier alpha value is -1.59. The molecule has 0 spiro atoms. The van der Waals surface area contributed by atoms with Crippen LogP contribution in [0.3, 0.4) is 0 Å². The van der Waals surface area contributed by atoms with E-state index in [0.717, 1.165) is 44.2 Å². The summed E-state index contributed by atoms with van der Waals surface area (Å²) in [6.07, 6.45) is 0.523. The van der Waals surface area contributed by atoms with Gasteiger partial charge in [0.2, 0.25) is 5.91 Å². The molecule has 0 aliphatic carbocycles. The summed E-state index contributed by atoms with van der Waals surface area (Å²) < 4.78 is 5.29. The molecule has 0 radical (unpaired) electrons. The van der Waals surface area contributed by atoms with Crippen molar-refractivity contribution in [2.75, 3.05) is 57.2 Å². The second-order valence-electron chi connectivity index (χ2n) is 5.19. The van der Waals surface area contributed by atoms with Gasteiger partial charge in [-0.1, -0.05) is 0 Å². The van der Waals surface area contributed by atoms with E-state index in [-0.39, 0.29) is 5.91 Å². The van der Waals surface area contributed by atoms with Crippen LogP contribution in [0.15, 0.2) is 24.3 Å². The second kappa shape index (κ2) is 7.26. The van der Waals surface area contributed by atoms with E-state index in [2.05, 4.69) is 10.2 Å². The Morgan fingerprint density at radius 2 is 1.90 bits per heavy atom. The Bertz CT molecular complexity index is 425. The van der Waals surface area contributed by atoms with Crippen LogP contribution in [0.5, 0.6) is 0 Å². The van der Waals surface area contributed by atoms with Gasteiger partial charge in [-0.05, 0) is 24.3 Å². The molecule has 2 rings (SSSR count). The van der Waals surface area contributed by atoms with E-state index in [1.54, 1.807) is 0 Å². The van der Waals surface area contributed by atoms with Crippen molar-refractivity contribution in [3.63, 3.8) is 0 Å². The molecule has 1 fully saturated rings. The third kappa shape index (κ3) is 4.51. The molecular weight excluding hydrogens is 254 g/mol. The Morgan fingerprint density at radius 3 is 2.50 bits per heavy atom. The number of nitrogens with one attached hydrogen (secondary N) is 1. The van der Waals surface area contributed by atoms with Gasteiger partial charge in [0.15, 0.2) is 0 Å². The van der Waals surface area contributed by atoms with Crippen LogP contribution in [0.1, 0.15) is 6.42 Å². The van der Waals surface area contributed by atoms with Crippen molar-refractivity contribution < 1.29 is 9.53 Å². The Labute approximate surface area is 120 Å². The number of hydrogen-bond acceptors (Lipinski definition) is 4. The van der Waals surface area contributed by atoms with Gasteiger partial charge in [0, 0.05) is 51.5 Å². The minimum atomic E-state index is 0.0640. The summed E-state index contributed by atoms with van der Waals surface area (Å²) in [4.78, 5) is 16.2. The molecule has 5 heteroatoms. The minimum absolute atomic E-state index is 0.0640. The van der Waals surface area contributed by atoms with Gasteiger partial charge in [0.05, 0.1) is 13.2 Å². The van der Waals surface area contributed by atoms with Crippen molar-refractivity contribution in [2.45, 2.75) is 6.42 Å². The number of amides is 1. The molecule has 110 valence electrons. The zero-order valence-electron chi connectivity index (χ0n) is 12.3. The van der Waals surface area contributed by atoms with Crippen LogP contribution in [0.4, 0.5) is 11.4 Å². The summed E-state index contributed by atoms with van der Waals surface area (Å²) in [6, 6.07) is 7.86. The van der Waals surface area contributed by atoms with Gasteiger partial charge in [-0.2, -0.15) is 0 Å². The third-order valence-electron chi connectivity index (χ3n) is 3.43. The van der Waals surface area contributed by atoms with Crippen LogP contribution in [0.25, 0.3) is 0 Å². The molecule has 0 saturated carbocycles. The SMILES string of the molecule is CN(C)c1ccc(NC(=O)CCN2CCOCC2)cc1. The molecule has 0 aromatic heterocycles. The molecular formula is C15H23N3O2. The topological polar surface area (TPSA) is 44.8 Å². The molecule has 5 nitrogen and oxygen atoms in total. The smallest absolute Gasteiger partial charge is 0.225 e. The maximum atomic E-state index is 11.9. The minimum Gasteiger partial charge on any atom is -0.379 e. The van der Waals surface area contributed by atoms with E-state index >= 15 is 0 Å². The normalized spacial score (nSPS) is 15.9. The first kappa shape index (κ1) is 14.8. The zero-order chi connectivity index (χ0) is 14.4. The molecule has 1 amide bonds. The second-order valence-corrected chi connectivity index (χ2v) is 5.19. The van der Waals surface area contributed by atoms with E-state index in [0.29, 0.717) is 6.42 Å². The van der Waals surface area contributed by atoms with Gasteiger partial charge >= 0.3 is 0 Å². The number of nitrogens with zero attached hydrogens (tertiary/aromatic N) is 2. The average Bonchev–Trinajstić information content (AvgIpc) is 2.47. The fourth-order valence-electron chi connectivity index (χ4n) is 2.15. The number of carbonyl (C=O) groups excluding carboxylic acids is 1. The molecule has 1 aromatic rings. The maximum absolute atomic E-state index is 11.9. The first-order chi connectivity index (χ1) is 9.65. The van der Waals surface area contributed by atoms with Gasteiger partial charge in [0.1, 0.15) is 0 Å². The van der Waals surface area contributed by atoms with Crippen LogP contribution in [0, 0.1) is 0 Å². The number of rotatable bonds is 5. The van der Waals surface area contributed by atoms with Crippen molar-refractivity contribution in [1.82, 2.24) is 4.90 Å². The van der Waals surface area contributed by atoms with Gasteiger partial charge < -0.3 is 15.0 Å². The summed E-state index contributed by atoms with van der Waals surface area (Å²) >= 11 is 0. The molecule has 1 heterocycles. The predicted octanol–water partition coefficient (Wildman–Crippen LogP) is 1.41. The molecule has 1 aliphatic heterocycles. The van der Waals surface area contributed by atoms with E-state index in [4.69, 9.17) is 4.74 Å². The summed E-state index contributed by atoms with van der Waals surface area (Å²) in [7, 11) is 3.99. The van der Waals surface area contributed by atoms with Crippen LogP contribution in [-0.4, -0.2) is 57.8 Å². The Morgan fingerprint density at radius 1 is 1.25 bits per heavy atom. The van der Waals surface area contributed by atoms with Crippen LogP contribution in [-0.2, 0) is 9.53 Å². The lowest BCUT2D eigenvalue weighted by Gasteiger charge is -2.26. The quantitative estimate of drug-likeness (QED) is 0.884. The van der Waals surface area contributed by atoms with E-state index in [9.17, 15) is 4.79 Å². The van der Waals surface area contributed by atoms with Gasteiger partial charge in [-0.25, -0.2) is 0 Å². The highest BCUT2D eigenvalue weighted by Crippen LogP contribution is 2.15. The van der Waals surface area contributed by atoms with E-state index in [1.807, 2.05) is 43.3 Å². The van der Waals surface area contributed by atoms with Crippen LogP contribution >= 0.6 is 0 Å². The Kier molecular flexibility index (Phi) is 5.38. The van der Waals surface area contributed by atoms with Gasteiger partial charge in [-0.3, -0.25) is 9.69 Å². The van der Waals surface area contributed by atoms with Crippen molar-refractivity contribution >= 4 is 17.3 Å². The highest BCUT2D eigenvalue weighted by Gasteiger charge is 2.11. The Balaban J connectivity index is 1.75. The van der Waals surface area contributed by atoms with Crippen molar-refractivity contribution in [2.24, 2.45) is 0 Å². The number of benzene rings is 1. The largest absolute Gasteiger partial charge is 0.379 e. The molecule has 0 unspecified atom stereocenters. The first-order valence-corrected chi connectivity index (χ1v) is 7.02. The lowest BCUT2D eigenvalue weighted by Crippen LogP contribution is -2.38. The monoisotopic (exact) mass is 277 g/mol. The van der Waals surface area contributed by atoms with Crippen molar-refractivity contribution in [1.29, 1.82) is 0 Å². The summed E-state index contributed by atoms with van der Waals surface area (Å²) in [6.45, 7) is 4.18. The lowest BCUT2D eigenvalue weighted by atomic mass is 10.2. The van der Waals surface area contributed by atoms with Gasteiger partial charge in [-0.15, -0.1) is 0 Å². The fourth-order valence-corrected chi connectivity index (χ4v) is 2.15. The van der Waals surface area contributed by atoms with Crippen LogP contribution in [0.2, 0.25) is 0 Å². The predicted molar refractivity (Wildman–Crippen MR) is 81.3 cm³/mol. The van der Waals surface area contributed by atoms with Gasteiger partial charge in [0.25, 0.3) is 0 Å². The molecule has 1 N–H and O–H groups in total. The lowest BCUT2D eigenvalue weighted by molar-refractivity contribution is -0.116. The average molecular weight is 277 g/mol. The summed E-state index contributed by atoms with van der Waals surface area (Å²) in [5.74, 6) is 0.0640. The number of hydrogen-bond donors (Lipinski definition) is 1. The van der Waals surface area contributed by atoms with Crippen LogP contribution < -0.4 is 10.2 Å². The number of carbonyl (C=O) groups is 1. The molecule has 1 aliphatic rings. The molecule has 1 saturated heterocycles. The van der Waals surface area contributed by atoms with Crippen molar-refractivity contribution in [3.05, 3.63) is 24.3 Å². The summed E-state index contributed by atoms with van der Waals surface area (Å²) in [5.41, 5.74) is 1.97. The number of anilines is 2. The summed E-state index contributed by atoms with van der Waals surface area (Å²) in [5, 5.41) is 2.93. The third-order valence-corrected chi connectivity index (χ3v) is 3.43. The number of morpholine rings is 1. The zero-order valence-corrected chi connectivity index (χ0v) is 12.3. The van der Waals surface area contributed by atoms with E-state index < -0.39 is 0 Å². The molecule has 0 atom stereocenters. The van der Waals surface area contributed by atoms with E-state index in [1.165, 1.54) is 0 Å². The highest BCUT2D eigenvalue weighted by molar-refractivity contribution is 5.91. The fraction of sp³-hybridized carbons (Fsp3) is 0.533. The highest BCUT2D eigenvalue weighted by atomic mass is 16.5. The number of ether oxygens (including phenoxy) is 1. The molecule has 0 bridgehead atoms. The standard InChI is InChI=1S/C15H23N3O2/c1-17(2)14-5-3-13(4-6-14)16-15(19)7-8-18-9-11-20-12-10-18/h3-6H,7-12H2,1-2H3,(H,16,19). The first-order valence-electron chi connectivity index (χ1n) is 7.02. The molecule has 20 heavy (non-hydrogen) atoms.